The molecule has 0 saturated carbocycles. The number of para-hydroxylation sites is 1. The topological polar surface area (TPSA) is 82.8 Å². The molecule has 0 saturated heterocycles. The molecular formula is C21H20N2O5. The molecule has 2 aromatic carbocycles. The van der Waals surface area contributed by atoms with Crippen LogP contribution in [0.2, 0.25) is 0 Å². The maximum Gasteiger partial charge on any atom is 0.273 e. The van der Waals surface area contributed by atoms with E-state index in [9.17, 15) is 4.79 Å². The second-order valence-corrected chi connectivity index (χ2v) is 6.34. The first-order valence-electron chi connectivity index (χ1n) is 8.91. The first kappa shape index (κ1) is 17.9. The van der Waals surface area contributed by atoms with Crippen molar-refractivity contribution >= 4 is 5.91 Å². The van der Waals surface area contributed by atoms with E-state index < -0.39 is 0 Å². The average Bonchev–Trinajstić information content (AvgIpc) is 3.24. The van der Waals surface area contributed by atoms with Gasteiger partial charge in [-0.05, 0) is 24.3 Å². The lowest BCUT2D eigenvalue weighted by Crippen LogP contribution is -2.32. The maximum absolute atomic E-state index is 12.7. The molecule has 1 aliphatic rings. The Morgan fingerprint density at radius 1 is 1.14 bits per heavy atom. The molecular weight excluding hydrogens is 360 g/mol. The van der Waals surface area contributed by atoms with Gasteiger partial charge in [0.2, 0.25) is 0 Å². The fraction of sp³-hybridized carbons (Fsp3) is 0.238. The molecule has 0 aliphatic carbocycles. The van der Waals surface area contributed by atoms with E-state index in [0.717, 1.165) is 11.3 Å². The van der Waals surface area contributed by atoms with Crippen molar-refractivity contribution in [2.75, 3.05) is 20.8 Å². The molecule has 1 aromatic heterocycles. The van der Waals surface area contributed by atoms with Crippen LogP contribution in [0.5, 0.6) is 17.2 Å². The highest BCUT2D eigenvalue weighted by Crippen LogP contribution is 2.34. The maximum atomic E-state index is 12.7. The lowest BCUT2D eigenvalue weighted by Gasteiger charge is -2.26. The zero-order chi connectivity index (χ0) is 19.5. The summed E-state index contributed by atoms with van der Waals surface area (Å²) < 4.78 is 21.7. The lowest BCUT2D eigenvalue weighted by atomic mass is 10.0. The van der Waals surface area contributed by atoms with E-state index in [1.165, 1.54) is 0 Å². The molecule has 1 amide bonds. The summed E-state index contributed by atoms with van der Waals surface area (Å²) in [6, 6.07) is 14.5. The predicted molar refractivity (Wildman–Crippen MR) is 102 cm³/mol. The quantitative estimate of drug-likeness (QED) is 0.728. The van der Waals surface area contributed by atoms with Crippen molar-refractivity contribution in [3.63, 3.8) is 0 Å². The minimum Gasteiger partial charge on any atom is -0.497 e. The molecule has 0 fully saturated rings. The number of nitrogens with zero attached hydrogens (tertiary/aromatic N) is 1. The van der Waals surface area contributed by atoms with Crippen molar-refractivity contribution in [2.45, 2.75) is 12.5 Å². The molecule has 0 radical (unpaired) electrons. The van der Waals surface area contributed by atoms with Crippen LogP contribution in [-0.4, -0.2) is 31.9 Å². The third kappa shape index (κ3) is 3.38. The number of methoxy groups -OCH3 is 2. The first-order valence-corrected chi connectivity index (χ1v) is 8.91. The Morgan fingerprint density at radius 3 is 2.82 bits per heavy atom. The van der Waals surface area contributed by atoms with Crippen molar-refractivity contribution in [3.8, 4) is 28.6 Å². The van der Waals surface area contributed by atoms with Gasteiger partial charge in [0.1, 0.15) is 17.2 Å². The van der Waals surface area contributed by atoms with Crippen LogP contribution in [-0.2, 0) is 0 Å². The van der Waals surface area contributed by atoms with Crippen molar-refractivity contribution in [3.05, 3.63) is 59.8 Å². The van der Waals surface area contributed by atoms with Crippen molar-refractivity contribution in [1.82, 2.24) is 10.5 Å². The molecule has 1 atom stereocenters. The van der Waals surface area contributed by atoms with Gasteiger partial charge < -0.3 is 24.1 Å². The Labute approximate surface area is 162 Å². The monoisotopic (exact) mass is 380 g/mol. The molecule has 3 aromatic rings. The lowest BCUT2D eigenvalue weighted by molar-refractivity contribution is 0.0915. The molecule has 0 spiro atoms. The number of amides is 1. The van der Waals surface area contributed by atoms with Crippen molar-refractivity contribution in [1.29, 1.82) is 0 Å². The third-order valence-electron chi connectivity index (χ3n) is 4.68. The summed E-state index contributed by atoms with van der Waals surface area (Å²) in [5.41, 5.74) is 1.81. The number of aromatic nitrogens is 1. The van der Waals surface area contributed by atoms with E-state index in [0.29, 0.717) is 35.9 Å². The number of benzene rings is 2. The van der Waals surface area contributed by atoms with Crippen LogP contribution in [0.3, 0.4) is 0 Å². The van der Waals surface area contributed by atoms with Gasteiger partial charge in [0.15, 0.2) is 11.5 Å². The third-order valence-corrected chi connectivity index (χ3v) is 4.68. The van der Waals surface area contributed by atoms with Gasteiger partial charge in [-0.2, -0.15) is 0 Å². The van der Waals surface area contributed by atoms with E-state index in [1.807, 2.05) is 24.3 Å². The summed E-state index contributed by atoms with van der Waals surface area (Å²) in [6.07, 6.45) is 0.692. The van der Waals surface area contributed by atoms with Gasteiger partial charge in [0.05, 0.1) is 32.4 Å². The van der Waals surface area contributed by atoms with E-state index in [1.54, 1.807) is 38.5 Å². The number of rotatable bonds is 5. The standard InChI is InChI=1S/C21H20N2O5/c1-25-13-7-8-18(26-2)15(11-13)20-12-17(23-28-20)21(24)22-16-9-10-27-19-6-4-3-5-14(16)19/h3-8,11-12,16H,9-10H2,1-2H3,(H,22,24). The Balaban J connectivity index is 1.56. The minimum atomic E-state index is -0.307. The zero-order valence-electron chi connectivity index (χ0n) is 15.6. The number of ether oxygens (including phenoxy) is 3. The van der Waals surface area contributed by atoms with Crippen molar-refractivity contribution < 1.29 is 23.5 Å². The predicted octanol–water partition coefficient (Wildman–Crippen LogP) is 3.61. The number of nitrogens with one attached hydrogen (secondary N) is 1. The fourth-order valence-corrected chi connectivity index (χ4v) is 3.24. The number of carbonyl (C=O) groups excluding carboxylic acids is 1. The average molecular weight is 380 g/mol. The Hall–Kier alpha value is -3.48. The molecule has 28 heavy (non-hydrogen) atoms. The molecule has 0 bridgehead atoms. The second-order valence-electron chi connectivity index (χ2n) is 6.34. The van der Waals surface area contributed by atoms with Gasteiger partial charge in [-0.3, -0.25) is 4.79 Å². The summed E-state index contributed by atoms with van der Waals surface area (Å²) in [4.78, 5) is 12.7. The molecule has 2 heterocycles. The summed E-state index contributed by atoms with van der Waals surface area (Å²) >= 11 is 0. The number of hydrogen-bond acceptors (Lipinski definition) is 6. The summed E-state index contributed by atoms with van der Waals surface area (Å²) in [5.74, 6) is 2.16. The summed E-state index contributed by atoms with van der Waals surface area (Å²) in [7, 11) is 3.15. The van der Waals surface area contributed by atoms with Crippen LogP contribution in [0.4, 0.5) is 0 Å². The Kier molecular flexibility index (Phi) is 4.89. The molecule has 7 heteroatoms. The highest BCUT2D eigenvalue weighted by molar-refractivity contribution is 5.93. The molecule has 7 nitrogen and oxygen atoms in total. The molecule has 144 valence electrons. The van der Waals surface area contributed by atoms with Gasteiger partial charge in [-0.15, -0.1) is 0 Å². The smallest absolute Gasteiger partial charge is 0.273 e. The molecule has 1 unspecified atom stereocenters. The van der Waals surface area contributed by atoms with E-state index in [4.69, 9.17) is 18.7 Å². The van der Waals surface area contributed by atoms with Gasteiger partial charge in [-0.1, -0.05) is 23.4 Å². The normalized spacial score (nSPS) is 15.3. The van der Waals surface area contributed by atoms with Crippen LogP contribution < -0.4 is 19.5 Å². The highest BCUT2D eigenvalue weighted by atomic mass is 16.5. The second kappa shape index (κ2) is 7.64. The highest BCUT2D eigenvalue weighted by Gasteiger charge is 2.25. The van der Waals surface area contributed by atoms with E-state index >= 15 is 0 Å². The largest absolute Gasteiger partial charge is 0.497 e. The SMILES string of the molecule is COc1ccc(OC)c(-c2cc(C(=O)NC3CCOc4ccccc43)no2)c1. The number of fused-ring (bicyclic) bond motifs is 1. The molecule has 1 N–H and O–H groups in total. The number of hydrogen-bond donors (Lipinski definition) is 1. The fourth-order valence-electron chi connectivity index (χ4n) is 3.24. The van der Waals surface area contributed by atoms with Gasteiger partial charge in [-0.25, -0.2) is 0 Å². The van der Waals surface area contributed by atoms with Crippen LogP contribution in [0, 0.1) is 0 Å². The summed E-state index contributed by atoms with van der Waals surface area (Å²) in [6.45, 7) is 0.549. The van der Waals surface area contributed by atoms with Crippen molar-refractivity contribution in [2.24, 2.45) is 0 Å². The van der Waals surface area contributed by atoms with E-state index in [-0.39, 0.29) is 17.6 Å². The molecule has 4 rings (SSSR count). The zero-order valence-corrected chi connectivity index (χ0v) is 15.6. The van der Waals surface area contributed by atoms with Crippen LogP contribution in [0.25, 0.3) is 11.3 Å². The Bertz CT molecular complexity index is 998. The van der Waals surface area contributed by atoms with Gasteiger partial charge >= 0.3 is 0 Å². The first-order chi connectivity index (χ1) is 13.7. The van der Waals surface area contributed by atoms with Gasteiger partial charge in [0, 0.05) is 18.1 Å². The van der Waals surface area contributed by atoms with Crippen LogP contribution in [0.1, 0.15) is 28.5 Å². The summed E-state index contributed by atoms with van der Waals surface area (Å²) in [5, 5.41) is 6.94. The minimum absolute atomic E-state index is 0.135. The Morgan fingerprint density at radius 2 is 2.00 bits per heavy atom. The van der Waals surface area contributed by atoms with E-state index in [2.05, 4.69) is 10.5 Å². The number of carbonyl (C=O) groups is 1. The van der Waals surface area contributed by atoms with Crippen LogP contribution in [0.15, 0.2) is 53.1 Å². The van der Waals surface area contributed by atoms with Crippen LogP contribution >= 0.6 is 0 Å². The van der Waals surface area contributed by atoms with Gasteiger partial charge in [0.25, 0.3) is 5.91 Å². The molecule has 1 aliphatic heterocycles.